The molecule has 0 spiro atoms. The van der Waals surface area contributed by atoms with Crippen molar-refractivity contribution in [1.29, 1.82) is 0 Å². The van der Waals surface area contributed by atoms with Crippen LogP contribution in [0.25, 0.3) is 0 Å². The van der Waals surface area contributed by atoms with E-state index in [1.165, 1.54) is 0 Å². The summed E-state index contributed by atoms with van der Waals surface area (Å²) in [5.41, 5.74) is 4.88. The van der Waals surface area contributed by atoms with Gasteiger partial charge in [-0.2, -0.15) is 0 Å². The van der Waals surface area contributed by atoms with Crippen LogP contribution in [0, 0.1) is 5.92 Å². The Kier molecular flexibility index (Phi) is 5.93. The van der Waals surface area contributed by atoms with Crippen LogP contribution in [0.3, 0.4) is 0 Å². The number of urea groups is 1. The Morgan fingerprint density at radius 1 is 1.38 bits per heavy atom. The van der Waals surface area contributed by atoms with Gasteiger partial charge in [0.25, 0.3) is 0 Å². The Morgan fingerprint density at radius 2 is 2.00 bits per heavy atom. The fraction of sp³-hybridized carbons (Fsp3) is 0.778. The van der Waals surface area contributed by atoms with Gasteiger partial charge < -0.3 is 11.1 Å². The Morgan fingerprint density at radius 3 is 2.46 bits per heavy atom. The highest BCUT2D eigenvalue weighted by Crippen LogP contribution is 2.07. The van der Waals surface area contributed by atoms with Crippen LogP contribution >= 0.6 is 0 Å². The van der Waals surface area contributed by atoms with Gasteiger partial charge in [0.2, 0.25) is 0 Å². The number of carbonyl (C=O) groups excluding carboxylic acids is 2. The van der Waals surface area contributed by atoms with Crippen LogP contribution in [-0.2, 0) is 4.79 Å². The first-order valence-electron chi connectivity index (χ1n) is 4.57. The first-order valence-corrected chi connectivity index (χ1v) is 4.57. The van der Waals surface area contributed by atoms with E-state index >= 15 is 0 Å². The van der Waals surface area contributed by atoms with Crippen molar-refractivity contribution >= 4 is 11.8 Å². The maximum absolute atomic E-state index is 10.8. The lowest BCUT2D eigenvalue weighted by molar-refractivity contribution is -0.120. The van der Waals surface area contributed by atoms with Crippen LogP contribution in [0.15, 0.2) is 0 Å². The molecule has 0 saturated carbocycles. The fourth-order valence-electron chi connectivity index (χ4n) is 0.990. The molecule has 0 aliphatic rings. The third-order valence-electron chi connectivity index (χ3n) is 2.06. The van der Waals surface area contributed by atoms with Crippen molar-refractivity contribution in [1.82, 2.24) is 5.32 Å². The van der Waals surface area contributed by atoms with Crippen molar-refractivity contribution < 1.29 is 9.59 Å². The molecule has 0 bridgehead atoms. The van der Waals surface area contributed by atoms with Gasteiger partial charge in [-0.3, -0.25) is 4.79 Å². The number of nitrogens with two attached hydrogens (primary N) is 1. The molecule has 13 heavy (non-hydrogen) atoms. The second-order valence-electron chi connectivity index (χ2n) is 3.30. The zero-order chi connectivity index (χ0) is 10.3. The molecule has 0 heterocycles. The van der Waals surface area contributed by atoms with Crippen LogP contribution in [0.4, 0.5) is 4.79 Å². The van der Waals surface area contributed by atoms with Gasteiger partial charge in [0.05, 0.1) is 0 Å². The summed E-state index contributed by atoms with van der Waals surface area (Å²) in [4.78, 5) is 21.1. The van der Waals surface area contributed by atoms with Crippen molar-refractivity contribution in [2.24, 2.45) is 11.7 Å². The summed E-state index contributed by atoms with van der Waals surface area (Å²) in [6, 6.07) is -0.486. The minimum atomic E-state index is -0.486. The van der Waals surface area contributed by atoms with Gasteiger partial charge in [-0.1, -0.05) is 13.3 Å². The summed E-state index contributed by atoms with van der Waals surface area (Å²) in [7, 11) is 0. The summed E-state index contributed by atoms with van der Waals surface area (Å²) in [6.45, 7) is 4.12. The van der Waals surface area contributed by atoms with Crippen molar-refractivity contribution in [3.05, 3.63) is 0 Å². The number of amides is 2. The number of primary amides is 1. The van der Waals surface area contributed by atoms with Crippen molar-refractivity contribution in [3.8, 4) is 0 Å². The third-order valence-corrected chi connectivity index (χ3v) is 2.06. The topological polar surface area (TPSA) is 72.2 Å². The molecule has 0 aliphatic carbocycles. The molecule has 2 amide bonds. The number of carbonyl (C=O) groups is 2. The molecule has 4 heteroatoms. The van der Waals surface area contributed by atoms with Gasteiger partial charge in [0, 0.05) is 12.5 Å². The summed E-state index contributed by atoms with van der Waals surface area (Å²) < 4.78 is 0. The quantitative estimate of drug-likeness (QED) is 0.608. The van der Waals surface area contributed by atoms with Crippen LogP contribution < -0.4 is 11.1 Å². The first kappa shape index (κ1) is 11.9. The van der Waals surface area contributed by atoms with E-state index in [1.807, 2.05) is 6.92 Å². The molecule has 3 N–H and O–H groups in total. The molecular weight excluding hydrogens is 168 g/mol. The molecular formula is C9H18N2O2. The largest absolute Gasteiger partial charge is 0.352 e. The van der Waals surface area contributed by atoms with Crippen LogP contribution in [0.1, 0.15) is 33.1 Å². The Bertz CT molecular complexity index is 180. The number of unbranched alkanes of at least 4 members (excludes halogenated alkanes) is 1. The van der Waals surface area contributed by atoms with Crippen molar-refractivity contribution in [2.45, 2.75) is 33.1 Å². The molecule has 0 fully saturated rings. The van der Waals surface area contributed by atoms with E-state index in [1.54, 1.807) is 6.92 Å². The predicted molar refractivity (Wildman–Crippen MR) is 51.3 cm³/mol. The number of rotatable bonds is 6. The Hall–Kier alpha value is -1.06. The highest BCUT2D eigenvalue weighted by molar-refractivity contribution is 5.77. The summed E-state index contributed by atoms with van der Waals surface area (Å²) in [6.07, 6.45) is 2.71. The molecule has 1 atom stereocenters. The summed E-state index contributed by atoms with van der Waals surface area (Å²) in [5, 5.41) is 2.50. The zero-order valence-electron chi connectivity index (χ0n) is 8.30. The fourth-order valence-corrected chi connectivity index (χ4v) is 0.990. The van der Waals surface area contributed by atoms with E-state index in [0.717, 1.165) is 19.3 Å². The SMILES string of the molecule is CC(=O)[C@@H](C)CCCCNC(N)=O. The van der Waals surface area contributed by atoms with Gasteiger partial charge in [0.1, 0.15) is 5.78 Å². The number of ketones is 1. The number of Topliss-reactive ketones (excluding diaryl/α,β-unsaturated/α-hetero) is 1. The molecule has 4 nitrogen and oxygen atoms in total. The molecule has 0 saturated heterocycles. The molecule has 0 aromatic carbocycles. The molecule has 0 aromatic rings. The highest BCUT2D eigenvalue weighted by atomic mass is 16.2. The van der Waals surface area contributed by atoms with Gasteiger partial charge in [0.15, 0.2) is 0 Å². The van der Waals surface area contributed by atoms with E-state index < -0.39 is 6.03 Å². The van der Waals surface area contributed by atoms with Crippen molar-refractivity contribution in [3.63, 3.8) is 0 Å². The normalized spacial score (nSPS) is 12.2. The van der Waals surface area contributed by atoms with E-state index in [-0.39, 0.29) is 11.7 Å². The van der Waals surface area contributed by atoms with Crippen LogP contribution in [-0.4, -0.2) is 18.4 Å². The number of hydrogen-bond donors (Lipinski definition) is 2. The minimum Gasteiger partial charge on any atom is -0.352 e. The molecule has 0 aromatic heterocycles. The standard InChI is InChI=1S/C9H18N2O2/c1-7(8(2)12)5-3-4-6-11-9(10)13/h7H,3-6H2,1-2H3,(H3,10,11,13)/t7-/m0/s1. The predicted octanol–water partition coefficient (Wildman–Crippen LogP) is 1.05. The van der Waals surface area contributed by atoms with Gasteiger partial charge in [-0.15, -0.1) is 0 Å². The van der Waals surface area contributed by atoms with E-state index in [0.29, 0.717) is 6.54 Å². The van der Waals surface area contributed by atoms with Crippen LogP contribution in [0.2, 0.25) is 0 Å². The van der Waals surface area contributed by atoms with E-state index in [9.17, 15) is 9.59 Å². The monoisotopic (exact) mass is 186 g/mol. The third kappa shape index (κ3) is 7.31. The second kappa shape index (κ2) is 6.46. The van der Waals surface area contributed by atoms with Gasteiger partial charge in [-0.05, 0) is 19.8 Å². The summed E-state index contributed by atoms with van der Waals surface area (Å²) >= 11 is 0. The lowest BCUT2D eigenvalue weighted by Gasteiger charge is -2.06. The second-order valence-corrected chi connectivity index (χ2v) is 3.30. The van der Waals surface area contributed by atoms with Crippen molar-refractivity contribution in [2.75, 3.05) is 6.54 Å². The Labute approximate surface area is 78.9 Å². The average Bonchev–Trinajstić information content (AvgIpc) is 2.02. The van der Waals surface area contributed by atoms with E-state index in [4.69, 9.17) is 5.73 Å². The maximum atomic E-state index is 10.8. The lowest BCUT2D eigenvalue weighted by Crippen LogP contribution is -2.30. The molecule has 76 valence electrons. The minimum absolute atomic E-state index is 0.133. The first-order chi connectivity index (χ1) is 6.04. The maximum Gasteiger partial charge on any atom is 0.312 e. The lowest BCUT2D eigenvalue weighted by atomic mass is 10.0. The van der Waals surface area contributed by atoms with Gasteiger partial charge >= 0.3 is 6.03 Å². The van der Waals surface area contributed by atoms with Gasteiger partial charge in [-0.25, -0.2) is 4.79 Å². The molecule has 0 rings (SSSR count). The molecule has 0 radical (unpaired) electrons. The zero-order valence-corrected chi connectivity index (χ0v) is 8.30. The average molecular weight is 186 g/mol. The smallest absolute Gasteiger partial charge is 0.312 e. The molecule has 0 unspecified atom stereocenters. The van der Waals surface area contributed by atoms with E-state index in [2.05, 4.69) is 5.32 Å². The summed E-state index contributed by atoms with van der Waals surface area (Å²) in [5.74, 6) is 0.358. The van der Waals surface area contributed by atoms with Crippen LogP contribution in [0.5, 0.6) is 0 Å². The molecule has 0 aliphatic heterocycles. The Balaban J connectivity index is 3.26. The number of nitrogens with one attached hydrogen (secondary N) is 1. The number of hydrogen-bond acceptors (Lipinski definition) is 2. The highest BCUT2D eigenvalue weighted by Gasteiger charge is 2.05.